The van der Waals surface area contributed by atoms with Gasteiger partial charge >= 0.3 is 0 Å². The van der Waals surface area contributed by atoms with Crippen LogP contribution >= 0.6 is 0 Å². The van der Waals surface area contributed by atoms with Gasteiger partial charge in [0, 0.05) is 38.1 Å². The number of hydrogen-bond donors (Lipinski definition) is 1. The van der Waals surface area contributed by atoms with E-state index in [-0.39, 0.29) is 12.1 Å². The number of ether oxygens (including phenoxy) is 1. The van der Waals surface area contributed by atoms with Gasteiger partial charge in [0.1, 0.15) is 6.10 Å². The molecule has 1 aliphatic rings. The molecule has 0 radical (unpaired) electrons. The second kappa shape index (κ2) is 7.58. The van der Waals surface area contributed by atoms with Crippen LogP contribution < -0.4 is 10.1 Å². The monoisotopic (exact) mass is 345 g/mol. The fourth-order valence-electron chi connectivity index (χ4n) is 3.44. The van der Waals surface area contributed by atoms with E-state index in [9.17, 15) is 0 Å². The Morgan fingerprint density at radius 3 is 2.15 bits per heavy atom. The van der Waals surface area contributed by atoms with E-state index in [1.165, 1.54) is 11.1 Å². The highest BCUT2D eigenvalue weighted by Crippen LogP contribution is 2.33. The van der Waals surface area contributed by atoms with Crippen molar-refractivity contribution in [3.8, 4) is 5.88 Å². The van der Waals surface area contributed by atoms with Crippen molar-refractivity contribution in [1.29, 1.82) is 0 Å². The third kappa shape index (κ3) is 3.55. The van der Waals surface area contributed by atoms with E-state index in [4.69, 9.17) is 4.74 Å². The molecule has 3 aromatic rings. The highest BCUT2D eigenvalue weighted by molar-refractivity contribution is 5.44. The van der Waals surface area contributed by atoms with Crippen LogP contribution in [0.15, 0.2) is 79.0 Å². The first-order valence-electron chi connectivity index (χ1n) is 8.98. The summed E-state index contributed by atoms with van der Waals surface area (Å²) in [6, 6.07) is 25.5. The van der Waals surface area contributed by atoms with Crippen LogP contribution in [0.4, 0.5) is 5.69 Å². The zero-order valence-electron chi connectivity index (χ0n) is 14.9. The minimum absolute atomic E-state index is 0.171. The van der Waals surface area contributed by atoms with E-state index in [1.54, 1.807) is 6.20 Å². The summed E-state index contributed by atoms with van der Waals surface area (Å²) in [5.74, 6) is 0.678. The number of pyridine rings is 1. The molecule has 0 bridgehead atoms. The van der Waals surface area contributed by atoms with E-state index in [0.29, 0.717) is 5.88 Å². The van der Waals surface area contributed by atoms with E-state index >= 15 is 0 Å². The lowest BCUT2D eigenvalue weighted by Gasteiger charge is -2.44. The number of rotatable bonds is 6. The number of nitrogens with zero attached hydrogens (tertiary/aromatic N) is 2. The Morgan fingerprint density at radius 2 is 1.58 bits per heavy atom. The van der Waals surface area contributed by atoms with Crippen molar-refractivity contribution < 1.29 is 4.74 Å². The molecule has 26 heavy (non-hydrogen) atoms. The predicted octanol–water partition coefficient (Wildman–Crippen LogP) is 3.98. The Kier molecular flexibility index (Phi) is 4.84. The molecule has 1 aliphatic heterocycles. The second-order valence-corrected chi connectivity index (χ2v) is 6.55. The Bertz CT molecular complexity index is 793. The lowest BCUT2D eigenvalue weighted by Crippen LogP contribution is -2.55. The van der Waals surface area contributed by atoms with Gasteiger partial charge in [-0.15, -0.1) is 0 Å². The molecule has 0 atom stereocenters. The topological polar surface area (TPSA) is 37.4 Å². The minimum Gasteiger partial charge on any atom is -0.472 e. The van der Waals surface area contributed by atoms with Crippen molar-refractivity contribution in [2.75, 3.05) is 25.5 Å². The van der Waals surface area contributed by atoms with Crippen molar-refractivity contribution in [3.63, 3.8) is 0 Å². The average Bonchev–Trinajstić information content (AvgIpc) is 2.68. The molecule has 0 amide bonds. The van der Waals surface area contributed by atoms with Crippen LogP contribution in [0, 0.1) is 0 Å². The van der Waals surface area contributed by atoms with Gasteiger partial charge in [-0.1, -0.05) is 60.7 Å². The SMILES string of the molecule is CNc1ccnc(OC2CN(C(c3ccccc3)c3ccccc3)C2)c1. The lowest BCUT2D eigenvalue weighted by atomic mass is 9.94. The van der Waals surface area contributed by atoms with Crippen LogP contribution in [0.3, 0.4) is 0 Å². The zero-order valence-corrected chi connectivity index (χ0v) is 14.9. The van der Waals surface area contributed by atoms with Gasteiger partial charge in [0.2, 0.25) is 5.88 Å². The normalized spacial score (nSPS) is 14.8. The number of nitrogens with one attached hydrogen (secondary N) is 1. The van der Waals surface area contributed by atoms with Crippen LogP contribution in [0.5, 0.6) is 5.88 Å². The molecule has 2 aromatic carbocycles. The van der Waals surface area contributed by atoms with Gasteiger partial charge in [-0.2, -0.15) is 0 Å². The standard InChI is InChI=1S/C22H23N3O/c1-23-19-12-13-24-21(14-19)26-20-15-25(16-20)22(17-8-4-2-5-9-17)18-10-6-3-7-11-18/h2-14,20,22H,15-16H2,1H3,(H,23,24). The molecule has 2 heterocycles. The number of hydrogen-bond acceptors (Lipinski definition) is 4. The van der Waals surface area contributed by atoms with E-state index in [1.807, 2.05) is 19.2 Å². The summed E-state index contributed by atoms with van der Waals surface area (Å²) in [5.41, 5.74) is 3.64. The maximum atomic E-state index is 6.05. The van der Waals surface area contributed by atoms with E-state index in [2.05, 4.69) is 75.9 Å². The molecule has 0 spiro atoms. The maximum absolute atomic E-state index is 6.05. The highest BCUT2D eigenvalue weighted by atomic mass is 16.5. The van der Waals surface area contributed by atoms with Crippen molar-refractivity contribution in [3.05, 3.63) is 90.1 Å². The average molecular weight is 345 g/mol. The Balaban J connectivity index is 1.47. The van der Waals surface area contributed by atoms with E-state index < -0.39 is 0 Å². The molecular weight excluding hydrogens is 322 g/mol. The number of aromatic nitrogens is 1. The smallest absolute Gasteiger partial charge is 0.215 e. The molecule has 1 saturated heterocycles. The summed E-state index contributed by atoms with van der Waals surface area (Å²) < 4.78 is 6.05. The van der Waals surface area contributed by atoms with Gasteiger partial charge in [-0.05, 0) is 17.2 Å². The Morgan fingerprint density at radius 1 is 0.962 bits per heavy atom. The largest absolute Gasteiger partial charge is 0.472 e. The molecule has 4 rings (SSSR count). The third-order valence-corrected chi connectivity index (χ3v) is 4.78. The van der Waals surface area contributed by atoms with Gasteiger partial charge in [0.15, 0.2) is 0 Å². The van der Waals surface area contributed by atoms with Gasteiger partial charge < -0.3 is 10.1 Å². The van der Waals surface area contributed by atoms with Gasteiger partial charge in [-0.3, -0.25) is 4.90 Å². The summed E-state index contributed by atoms with van der Waals surface area (Å²) in [6.07, 6.45) is 1.94. The molecule has 4 nitrogen and oxygen atoms in total. The molecule has 0 unspecified atom stereocenters. The Labute approximate surface area is 154 Å². The fourth-order valence-corrected chi connectivity index (χ4v) is 3.44. The first kappa shape index (κ1) is 16.6. The van der Waals surface area contributed by atoms with Crippen LogP contribution in [0.25, 0.3) is 0 Å². The molecule has 1 fully saturated rings. The molecule has 0 saturated carbocycles. The summed E-state index contributed by atoms with van der Waals surface area (Å²) in [4.78, 5) is 6.77. The fraction of sp³-hybridized carbons (Fsp3) is 0.227. The Hall–Kier alpha value is -2.85. The number of benzene rings is 2. The molecular formula is C22H23N3O. The van der Waals surface area contributed by atoms with Crippen molar-refractivity contribution in [1.82, 2.24) is 9.88 Å². The van der Waals surface area contributed by atoms with Crippen molar-refractivity contribution in [2.45, 2.75) is 12.1 Å². The molecule has 4 heteroatoms. The number of likely N-dealkylation sites (tertiary alicyclic amines) is 1. The first-order chi connectivity index (χ1) is 12.8. The van der Waals surface area contributed by atoms with Crippen LogP contribution in [0.2, 0.25) is 0 Å². The summed E-state index contributed by atoms with van der Waals surface area (Å²) in [6.45, 7) is 1.78. The molecule has 1 aromatic heterocycles. The first-order valence-corrected chi connectivity index (χ1v) is 8.98. The van der Waals surface area contributed by atoms with Gasteiger partial charge in [0.05, 0.1) is 6.04 Å². The summed E-state index contributed by atoms with van der Waals surface area (Å²) >= 11 is 0. The van der Waals surface area contributed by atoms with Gasteiger partial charge in [-0.25, -0.2) is 4.98 Å². The lowest BCUT2D eigenvalue weighted by molar-refractivity contribution is -0.00211. The van der Waals surface area contributed by atoms with Crippen LogP contribution in [-0.4, -0.2) is 36.1 Å². The summed E-state index contributed by atoms with van der Waals surface area (Å²) in [5, 5.41) is 3.12. The number of anilines is 1. The molecule has 1 N–H and O–H groups in total. The quantitative estimate of drug-likeness (QED) is 0.733. The zero-order chi connectivity index (χ0) is 17.8. The maximum Gasteiger partial charge on any atom is 0.215 e. The van der Waals surface area contributed by atoms with Crippen LogP contribution in [0.1, 0.15) is 17.2 Å². The molecule has 0 aliphatic carbocycles. The van der Waals surface area contributed by atoms with Gasteiger partial charge in [0.25, 0.3) is 0 Å². The minimum atomic E-state index is 0.171. The highest BCUT2D eigenvalue weighted by Gasteiger charge is 2.35. The van der Waals surface area contributed by atoms with Crippen molar-refractivity contribution >= 4 is 5.69 Å². The van der Waals surface area contributed by atoms with E-state index in [0.717, 1.165) is 18.8 Å². The predicted molar refractivity (Wildman–Crippen MR) is 104 cm³/mol. The second-order valence-electron chi connectivity index (χ2n) is 6.55. The van der Waals surface area contributed by atoms with Crippen LogP contribution in [-0.2, 0) is 0 Å². The summed E-state index contributed by atoms with van der Waals surface area (Å²) in [7, 11) is 1.90. The third-order valence-electron chi connectivity index (χ3n) is 4.78. The van der Waals surface area contributed by atoms with Crippen molar-refractivity contribution in [2.24, 2.45) is 0 Å². The molecule has 132 valence electrons.